The van der Waals surface area contributed by atoms with E-state index in [-0.39, 0.29) is 12.5 Å². The van der Waals surface area contributed by atoms with Crippen molar-refractivity contribution in [3.8, 4) is 0 Å². The van der Waals surface area contributed by atoms with Crippen molar-refractivity contribution in [1.29, 1.82) is 0 Å². The molecule has 1 aliphatic heterocycles. The molecule has 1 aliphatic rings. The van der Waals surface area contributed by atoms with Crippen LogP contribution in [0.15, 0.2) is 18.3 Å². The lowest BCUT2D eigenvalue weighted by atomic mass is 9.98. The number of likely N-dealkylation sites (tertiary alicyclic amines) is 1. The fourth-order valence-electron chi connectivity index (χ4n) is 2.32. The maximum absolute atomic E-state index is 11.8. The van der Waals surface area contributed by atoms with E-state index in [1.165, 1.54) is 6.20 Å². The van der Waals surface area contributed by atoms with Gasteiger partial charge in [-0.2, -0.15) is 0 Å². The number of aliphatic hydroxyl groups is 1. The number of halogens is 1. The summed E-state index contributed by atoms with van der Waals surface area (Å²) < 4.78 is 0. The molecule has 0 saturated carbocycles. The Morgan fingerprint density at radius 2 is 2.20 bits per heavy atom. The Bertz CT molecular complexity index is 431. The average Bonchev–Trinajstić information content (AvgIpc) is 2.48. The molecule has 0 atom stereocenters. The van der Waals surface area contributed by atoms with E-state index in [1.54, 1.807) is 12.1 Å². The minimum absolute atomic E-state index is 0.174. The molecule has 6 heteroatoms. The van der Waals surface area contributed by atoms with Gasteiger partial charge in [-0.3, -0.25) is 4.79 Å². The number of aliphatic hydroxyl groups excluding tert-OH is 1. The lowest BCUT2D eigenvalue weighted by Crippen LogP contribution is -2.40. The molecule has 5 nitrogen and oxygen atoms in total. The highest BCUT2D eigenvalue weighted by Crippen LogP contribution is 2.15. The fourth-order valence-corrected chi connectivity index (χ4v) is 2.43. The van der Waals surface area contributed by atoms with Gasteiger partial charge in [-0.25, -0.2) is 4.98 Å². The maximum atomic E-state index is 11.8. The Labute approximate surface area is 123 Å². The second-order valence-electron chi connectivity index (χ2n) is 5.09. The number of nitrogens with one attached hydrogen (secondary N) is 1. The number of carbonyl (C=O) groups is 1. The van der Waals surface area contributed by atoms with Crippen LogP contribution in [0, 0.1) is 5.92 Å². The number of amides is 1. The van der Waals surface area contributed by atoms with Crippen molar-refractivity contribution < 1.29 is 9.90 Å². The second kappa shape index (κ2) is 7.57. The van der Waals surface area contributed by atoms with Gasteiger partial charge in [-0.1, -0.05) is 11.6 Å². The van der Waals surface area contributed by atoms with Gasteiger partial charge in [-0.05, 0) is 44.0 Å². The summed E-state index contributed by atoms with van der Waals surface area (Å²) in [5, 5.41) is 12.5. The lowest BCUT2D eigenvalue weighted by molar-refractivity contribution is 0.0934. The largest absolute Gasteiger partial charge is 0.396 e. The van der Waals surface area contributed by atoms with E-state index in [2.05, 4.69) is 15.2 Å². The van der Waals surface area contributed by atoms with Crippen molar-refractivity contribution in [2.45, 2.75) is 12.8 Å². The number of rotatable bonds is 5. The topological polar surface area (TPSA) is 65.5 Å². The molecule has 0 aromatic carbocycles. The first-order valence-corrected chi connectivity index (χ1v) is 7.30. The van der Waals surface area contributed by atoms with Crippen LogP contribution in [-0.2, 0) is 0 Å². The summed E-state index contributed by atoms with van der Waals surface area (Å²) in [6.07, 6.45) is 3.53. The molecule has 0 aliphatic carbocycles. The number of carbonyl (C=O) groups excluding carboxylic acids is 1. The molecule has 1 fully saturated rings. The summed E-state index contributed by atoms with van der Waals surface area (Å²) in [7, 11) is 0. The number of piperidine rings is 1. The van der Waals surface area contributed by atoms with Gasteiger partial charge in [0.05, 0.1) is 5.02 Å². The van der Waals surface area contributed by atoms with Crippen LogP contribution in [0.2, 0.25) is 5.02 Å². The molecular weight excluding hydrogens is 278 g/mol. The molecule has 1 aromatic heterocycles. The van der Waals surface area contributed by atoms with Crippen molar-refractivity contribution in [3.05, 3.63) is 29.0 Å². The Kier molecular flexibility index (Phi) is 5.76. The van der Waals surface area contributed by atoms with Crippen LogP contribution >= 0.6 is 11.6 Å². The third-order valence-electron chi connectivity index (χ3n) is 3.64. The monoisotopic (exact) mass is 297 g/mol. The van der Waals surface area contributed by atoms with Crippen LogP contribution in [0.5, 0.6) is 0 Å². The Morgan fingerprint density at radius 3 is 2.80 bits per heavy atom. The van der Waals surface area contributed by atoms with E-state index < -0.39 is 0 Å². The molecule has 0 bridgehead atoms. The molecule has 0 radical (unpaired) electrons. The average molecular weight is 298 g/mol. The highest BCUT2D eigenvalue weighted by Gasteiger charge is 2.18. The van der Waals surface area contributed by atoms with Gasteiger partial charge < -0.3 is 15.3 Å². The molecular formula is C14H20ClN3O2. The minimum Gasteiger partial charge on any atom is -0.396 e. The number of pyridine rings is 1. The van der Waals surface area contributed by atoms with Crippen molar-refractivity contribution >= 4 is 17.5 Å². The zero-order valence-electron chi connectivity index (χ0n) is 11.4. The van der Waals surface area contributed by atoms with Crippen LogP contribution in [0.4, 0.5) is 0 Å². The van der Waals surface area contributed by atoms with E-state index >= 15 is 0 Å². The van der Waals surface area contributed by atoms with Gasteiger partial charge in [0.15, 0.2) is 0 Å². The van der Waals surface area contributed by atoms with Crippen molar-refractivity contribution in [3.63, 3.8) is 0 Å². The summed E-state index contributed by atoms with van der Waals surface area (Å²) in [4.78, 5) is 18.1. The first kappa shape index (κ1) is 15.2. The molecule has 0 spiro atoms. The van der Waals surface area contributed by atoms with Gasteiger partial charge in [0, 0.05) is 25.9 Å². The van der Waals surface area contributed by atoms with Crippen LogP contribution in [0.3, 0.4) is 0 Å². The van der Waals surface area contributed by atoms with E-state index in [9.17, 15) is 4.79 Å². The number of hydrogen-bond donors (Lipinski definition) is 2. The first-order valence-electron chi connectivity index (χ1n) is 6.92. The normalized spacial score (nSPS) is 17.1. The third kappa shape index (κ3) is 4.44. The SMILES string of the molecule is O=C(NCCN1CCC(CO)CC1)c1ccc(Cl)cn1. The zero-order chi connectivity index (χ0) is 14.4. The van der Waals surface area contributed by atoms with E-state index in [4.69, 9.17) is 16.7 Å². The highest BCUT2D eigenvalue weighted by atomic mass is 35.5. The lowest BCUT2D eigenvalue weighted by Gasteiger charge is -2.30. The minimum atomic E-state index is -0.174. The smallest absolute Gasteiger partial charge is 0.269 e. The summed E-state index contributed by atoms with van der Waals surface area (Å²) >= 11 is 5.73. The molecule has 110 valence electrons. The summed E-state index contributed by atoms with van der Waals surface area (Å²) in [6.45, 7) is 3.69. The number of hydrogen-bond acceptors (Lipinski definition) is 4. The molecule has 1 amide bonds. The van der Waals surface area contributed by atoms with Crippen molar-refractivity contribution in [2.24, 2.45) is 5.92 Å². The van der Waals surface area contributed by atoms with E-state index in [0.29, 0.717) is 23.2 Å². The van der Waals surface area contributed by atoms with Gasteiger partial charge in [0.2, 0.25) is 0 Å². The third-order valence-corrected chi connectivity index (χ3v) is 3.86. The standard InChI is InChI=1S/C14H20ClN3O2/c15-12-1-2-13(17-9-12)14(20)16-5-8-18-6-3-11(10-19)4-7-18/h1-2,9,11,19H,3-8,10H2,(H,16,20). The van der Waals surface area contributed by atoms with Crippen molar-refractivity contribution in [2.75, 3.05) is 32.8 Å². The van der Waals surface area contributed by atoms with Gasteiger partial charge in [0.25, 0.3) is 5.91 Å². The second-order valence-corrected chi connectivity index (χ2v) is 5.52. The van der Waals surface area contributed by atoms with Gasteiger partial charge >= 0.3 is 0 Å². The van der Waals surface area contributed by atoms with Crippen LogP contribution in [0.1, 0.15) is 23.3 Å². The predicted molar refractivity (Wildman–Crippen MR) is 77.8 cm³/mol. The van der Waals surface area contributed by atoms with Gasteiger partial charge in [0.1, 0.15) is 5.69 Å². The van der Waals surface area contributed by atoms with E-state index in [1.807, 2.05) is 0 Å². The van der Waals surface area contributed by atoms with Crippen LogP contribution in [-0.4, -0.2) is 53.7 Å². The summed E-state index contributed by atoms with van der Waals surface area (Å²) in [6, 6.07) is 3.27. The molecule has 20 heavy (non-hydrogen) atoms. The molecule has 2 heterocycles. The molecule has 2 rings (SSSR count). The Morgan fingerprint density at radius 1 is 1.45 bits per heavy atom. The van der Waals surface area contributed by atoms with Crippen molar-refractivity contribution in [1.82, 2.24) is 15.2 Å². The Balaban J connectivity index is 1.68. The molecule has 0 unspecified atom stereocenters. The quantitative estimate of drug-likeness (QED) is 0.856. The molecule has 1 saturated heterocycles. The molecule has 1 aromatic rings. The summed E-state index contributed by atoms with van der Waals surface area (Å²) in [5.74, 6) is 0.269. The predicted octanol–water partition coefficient (Wildman–Crippen LogP) is 1.17. The van der Waals surface area contributed by atoms with Crippen LogP contribution in [0.25, 0.3) is 0 Å². The zero-order valence-corrected chi connectivity index (χ0v) is 12.1. The summed E-state index contributed by atoms with van der Waals surface area (Å²) in [5.41, 5.74) is 0.383. The number of aromatic nitrogens is 1. The fraction of sp³-hybridized carbons (Fsp3) is 0.571. The Hall–Kier alpha value is -1.17. The highest BCUT2D eigenvalue weighted by molar-refractivity contribution is 6.30. The maximum Gasteiger partial charge on any atom is 0.269 e. The van der Waals surface area contributed by atoms with E-state index in [0.717, 1.165) is 32.5 Å². The van der Waals surface area contributed by atoms with Gasteiger partial charge in [-0.15, -0.1) is 0 Å². The first-order chi connectivity index (χ1) is 9.69. The molecule has 2 N–H and O–H groups in total. The van der Waals surface area contributed by atoms with Crippen LogP contribution < -0.4 is 5.32 Å². The number of nitrogens with zero attached hydrogens (tertiary/aromatic N) is 2.